The van der Waals surface area contributed by atoms with Crippen LogP contribution in [0.3, 0.4) is 0 Å². The van der Waals surface area contributed by atoms with Crippen LogP contribution in [-0.2, 0) is 6.42 Å². The Morgan fingerprint density at radius 3 is 2.73 bits per heavy atom. The molecular formula is C18H20ClNO2. The smallest absolute Gasteiger partial charge is 0.137 e. The van der Waals surface area contributed by atoms with E-state index in [9.17, 15) is 5.11 Å². The van der Waals surface area contributed by atoms with E-state index >= 15 is 0 Å². The molecular weight excluding hydrogens is 298 g/mol. The van der Waals surface area contributed by atoms with Crippen LogP contribution in [0.25, 0.3) is 0 Å². The Morgan fingerprint density at radius 2 is 2.05 bits per heavy atom. The number of methoxy groups -OCH3 is 1. The number of rotatable bonds is 4. The average Bonchev–Trinajstić information content (AvgIpc) is 2.55. The monoisotopic (exact) mass is 317 g/mol. The van der Waals surface area contributed by atoms with E-state index in [4.69, 9.17) is 16.3 Å². The molecule has 0 aromatic heterocycles. The fourth-order valence-corrected chi connectivity index (χ4v) is 3.49. The van der Waals surface area contributed by atoms with E-state index in [1.807, 2.05) is 30.3 Å². The second-order valence-corrected chi connectivity index (χ2v) is 5.92. The minimum atomic E-state index is 0.128. The summed E-state index contributed by atoms with van der Waals surface area (Å²) in [4.78, 5) is 2.31. The lowest BCUT2D eigenvalue weighted by molar-refractivity contribution is 0.160. The molecule has 4 heteroatoms. The van der Waals surface area contributed by atoms with Crippen molar-refractivity contribution in [1.29, 1.82) is 0 Å². The van der Waals surface area contributed by atoms with Crippen molar-refractivity contribution in [3.8, 4) is 5.75 Å². The van der Waals surface area contributed by atoms with Crippen molar-refractivity contribution < 1.29 is 9.84 Å². The van der Waals surface area contributed by atoms with Gasteiger partial charge in [0.2, 0.25) is 0 Å². The molecule has 3 rings (SSSR count). The molecule has 0 bridgehead atoms. The highest BCUT2D eigenvalue weighted by molar-refractivity contribution is 6.32. The lowest BCUT2D eigenvalue weighted by Crippen LogP contribution is -2.38. The molecule has 1 aliphatic rings. The van der Waals surface area contributed by atoms with Gasteiger partial charge in [0, 0.05) is 13.1 Å². The van der Waals surface area contributed by atoms with Crippen molar-refractivity contribution in [3.63, 3.8) is 0 Å². The van der Waals surface area contributed by atoms with E-state index in [-0.39, 0.29) is 12.6 Å². The molecule has 0 saturated carbocycles. The standard InChI is InChI=1S/C18H20ClNO2/c1-22-17-12-15-14(11-16(17)19)7-8-20(9-10-21)18(15)13-5-3-2-4-6-13/h2-6,11-12,18,21H,7-10H2,1H3/t18-/m0/s1. The van der Waals surface area contributed by atoms with Crippen LogP contribution in [0.4, 0.5) is 0 Å². The van der Waals surface area contributed by atoms with Crippen LogP contribution in [0.2, 0.25) is 5.02 Å². The lowest BCUT2D eigenvalue weighted by atomic mass is 9.88. The van der Waals surface area contributed by atoms with Gasteiger partial charge in [0.15, 0.2) is 0 Å². The van der Waals surface area contributed by atoms with Gasteiger partial charge in [-0.2, -0.15) is 0 Å². The summed E-state index contributed by atoms with van der Waals surface area (Å²) in [6.07, 6.45) is 0.933. The highest BCUT2D eigenvalue weighted by Gasteiger charge is 2.29. The number of nitrogens with zero attached hydrogens (tertiary/aromatic N) is 1. The van der Waals surface area contributed by atoms with E-state index < -0.39 is 0 Å². The predicted molar refractivity (Wildman–Crippen MR) is 88.7 cm³/mol. The van der Waals surface area contributed by atoms with Gasteiger partial charge in [-0.3, -0.25) is 4.90 Å². The fourth-order valence-electron chi connectivity index (χ4n) is 3.22. The minimum absolute atomic E-state index is 0.128. The second kappa shape index (κ2) is 6.69. The van der Waals surface area contributed by atoms with Gasteiger partial charge in [0.05, 0.1) is 24.8 Å². The van der Waals surface area contributed by atoms with Crippen molar-refractivity contribution in [3.05, 3.63) is 64.2 Å². The fraction of sp³-hybridized carbons (Fsp3) is 0.333. The molecule has 0 amide bonds. The van der Waals surface area contributed by atoms with Crippen molar-refractivity contribution in [2.45, 2.75) is 12.5 Å². The Morgan fingerprint density at radius 1 is 1.27 bits per heavy atom. The Kier molecular flexibility index (Phi) is 4.67. The van der Waals surface area contributed by atoms with E-state index in [2.05, 4.69) is 17.0 Å². The molecule has 0 radical (unpaired) electrons. The highest BCUT2D eigenvalue weighted by atomic mass is 35.5. The predicted octanol–water partition coefficient (Wildman–Crippen LogP) is 3.29. The van der Waals surface area contributed by atoms with Crippen LogP contribution >= 0.6 is 11.6 Å². The van der Waals surface area contributed by atoms with Crippen molar-refractivity contribution in [2.24, 2.45) is 0 Å². The van der Waals surface area contributed by atoms with Crippen LogP contribution in [0.5, 0.6) is 5.75 Å². The summed E-state index contributed by atoms with van der Waals surface area (Å²) < 4.78 is 5.39. The van der Waals surface area contributed by atoms with E-state index in [0.29, 0.717) is 17.3 Å². The molecule has 2 aromatic carbocycles. The summed E-state index contributed by atoms with van der Waals surface area (Å²) in [5.74, 6) is 0.701. The molecule has 2 aromatic rings. The third-order valence-electron chi connectivity index (χ3n) is 4.24. The molecule has 116 valence electrons. The van der Waals surface area contributed by atoms with Crippen LogP contribution in [0, 0.1) is 0 Å². The quantitative estimate of drug-likeness (QED) is 0.939. The Bertz CT molecular complexity index is 645. The Labute approximate surface area is 136 Å². The zero-order valence-corrected chi connectivity index (χ0v) is 13.4. The SMILES string of the molecule is COc1cc2c(cc1Cl)CCN(CCO)[C@H]2c1ccccc1. The van der Waals surface area contributed by atoms with E-state index in [1.54, 1.807) is 7.11 Å². The summed E-state index contributed by atoms with van der Waals surface area (Å²) in [7, 11) is 1.64. The molecule has 1 atom stereocenters. The first-order valence-corrected chi connectivity index (χ1v) is 7.88. The highest BCUT2D eigenvalue weighted by Crippen LogP contribution is 2.39. The molecule has 1 aliphatic heterocycles. The number of aliphatic hydroxyl groups is 1. The van der Waals surface area contributed by atoms with Crippen molar-refractivity contribution in [1.82, 2.24) is 4.90 Å². The van der Waals surface area contributed by atoms with Crippen LogP contribution in [0.1, 0.15) is 22.7 Å². The number of fused-ring (bicyclic) bond motifs is 1. The molecule has 1 heterocycles. The first-order chi connectivity index (χ1) is 10.7. The maximum Gasteiger partial charge on any atom is 0.137 e. The minimum Gasteiger partial charge on any atom is -0.495 e. The van der Waals surface area contributed by atoms with Gasteiger partial charge >= 0.3 is 0 Å². The largest absolute Gasteiger partial charge is 0.495 e. The maximum atomic E-state index is 9.39. The molecule has 0 unspecified atom stereocenters. The van der Waals surface area contributed by atoms with Crippen molar-refractivity contribution >= 4 is 11.6 Å². The number of β-amino-alcohol motifs (C(OH)–C–C–N with tert-alkyl or cyclic N) is 1. The van der Waals surface area contributed by atoms with Gasteiger partial charge in [-0.1, -0.05) is 41.9 Å². The van der Waals surface area contributed by atoms with E-state index in [0.717, 1.165) is 13.0 Å². The number of hydrogen-bond donors (Lipinski definition) is 1. The third kappa shape index (κ3) is 2.84. The molecule has 22 heavy (non-hydrogen) atoms. The maximum absolute atomic E-state index is 9.39. The lowest BCUT2D eigenvalue weighted by Gasteiger charge is -2.37. The molecule has 0 aliphatic carbocycles. The van der Waals surface area contributed by atoms with Gasteiger partial charge < -0.3 is 9.84 Å². The van der Waals surface area contributed by atoms with Gasteiger partial charge in [-0.25, -0.2) is 0 Å². The van der Waals surface area contributed by atoms with Gasteiger partial charge in [0.1, 0.15) is 5.75 Å². The topological polar surface area (TPSA) is 32.7 Å². The van der Waals surface area contributed by atoms with Crippen molar-refractivity contribution in [2.75, 3.05) is 26.8 Å². The first kappa shape index (κ1) is 15.3. The van der Waals surface area contributed by atoms with Crippen LogP contribution in [0.15, 0.2) is 42.5 Å². The Balaban J connectivity index is 2.11. The van der Waals surface area contributed by atoms with E-state index in [1.165, 1.54) is 16.7 Å². The Hall–Kier alpha value is -1.55. The summed E-state index contributed by atoms with van der Waals surface area (Å²) in [5.41, 5.74) is 3.70. The average molecular weight is 318 g/mol. The van der Waals surface area contributed by atoms with Crippen LogP contribution in [-0.4, -0.2) is 36.8 Å². The van der Waals surface area contributed by atoms with Gasteiger partial charge in [-0.05, 0) is 35.2 Å². The molecule has 0 fully saturated rings. The third-order valence-corrected chi connectivity index (χ3v) is 4.54. The summed E-state index contributed by atoms with van der Waals surface area (Å²) in [5, 5.41) is 10.0. The zero-order valence-electron chi connectivity index (χ0n) is 12.6. The number of hydrogen-bond acceptors (Lipinski definition) is 3. The number of halogens is 1. The van der Waals surface area contributed by atoms with Gasteiger partial charge in [0.25, 0.3) is 0 Å². The first-order valence-electron chi connectivity index (χ1n) is 7.50. The molecule has 0 saturated heterocycles. The zero-order chi connectivity index (χ0) is 15.5. The molecule has 0 spiro atoms. The summed E-state index contributed by atoms with van der Waals surface area (Å²) >= 11 is 6.27. The number of aliphatic hydroxyl groups excluding tert-OH is 1. The second-order valence-electron chi connectivity index (χ2n) is 5.51. The molecule has 3 nitrogen and oxygen atoms in total. The number of ether oxygens (including phenoxy) is 1. The summed E-state index contributed by atoms with van der Waals surface area (Å²) in [6.45, 7) is 1.73. The summed E-state index contributed by atoms with van der Waals surface area (Å²) in [6, 6.07) is 14.6. The number of benzene rings is 2. The normalized spacial score (nSPS) is 18.0. The van der Waals surface area contributed by atoms with Gasteiger partial charge in [-0.15, -0.1) is 0 Å². The van der Waals surface area contributed by atoms with Crippen LogP contribution < -0.4 is 4.74 Å². The molecule has 1 N–H and O–H groups in total.